The van der Waals surface area contributed by atoms with E-state index in [4.69, 9.17) is 0 Å². The molecule has 2 rings (SSSR count). The molecule has 1 saturated heterocycles. The lowest BCUT2D eigenvalue weighted by molar-refractivity contribution is -0.123. The van der Waals surface area contributed by atoms with E-state index in [-0.39, 0.29) is 0 Å². The van der Waals surface area contributed by atoms with Crippen LogP contribution in [0.2, 0.25) is 0 Å². The van der Waals surface area contributed by atoms with Crippen LogP contribution in [0.25, 0.3) is 0 Å². The van der Waals surface area contributed by atoms with Gasteiger partial charge in [-0.3, -0.25) is 9.69 Å². The number of aliphatic hydroxyl groups is 1. The molecule has 2 unspecified atom stereocenters. The highest BCUT2D eigenvalue weighted by Crippen LogP contribution is 2.27. The van der Waals surface area contributed by atoms with E-state index in [2.05, 4.69) is 4.90 Å². The Labute approximate surface area is 91.5 Å². The number of hydrogen-bond donors (Lipinski definition) is 1. The van der Waals surface area contributed by atoms with E-state index in [0.29, 0.717) is 18.2 Å². The summed E-state index contributed by atoms with van der Waals surface area (Å²) < 4.78 is 0. The number of carbonyl (C=O) groups excluding carboxylic acids is 1. The molecule has 3 heteroatoms. The summed E-state index contributed by atoms with van der Waals surface area (Å²) in [5, 5.41) is 10.0. The lowest BCUT2D eigenvalue weighted by Gasteiger charge is -2.42. The lowest BCUT2D eigenvalue weighted by Crippen LogP contribution is -2.51. The number of Topliss-reactive ketones (excluding diaryl/α,β-unsaturated/α-hetero) is 1. The average Bonchev–Trinajstić information content (AvgIpc) is 2.16. The number of hydrogen-bond acceptors (Lipinski definition) is 3. The van der Waals surface area contributed by atoms with Gasteiger partial charge in [-0.25, -0.2) is 0 Å². The van der Waals surface area contributed by atoms with Gasteiger partial charge in [-0.2, -0.15) is 0 Å². The smallest absolute Gasteiger partial charge is 0.134 e. The van der Waals surface area contributed by atoms with Crippen molar-refractivity contribution in [3.05, 3.63) is 0 Å². The van der Waals surface area contributed by atoms with Crippen molar-refractivity contribution < 1.29 is 9.90 Å². The summed E-state index contributed by atoms with van der Waals surface area (Å²) in [6, 6.07) is 0.401. The van der Waals surface area contributed by atoms with E-state index < -0.39 is 5.60 Å². The van der Waals surface area contributed by atoms with Crippen LogP contribution in [0.1, 0.15) is 45.4 Å². The van der Waals surface area contributed by atoms with Gasteiger partial charge < -0.3 is 5.11 Å². The highest BCUT2D eigenvalue weighted by atomic mass is 16.3. The molecule has 2 fully saturated rings. The van der Waals surface area contributed by atoms with Crippen molar-refractivity contribution in [1.29, 1.82) is 0 Å². The summed E-state index contributed by atoms with van der Waals surface area (Å²) in [5.41, 5.74) is -0.543. The molecule has 0 bridgehead atoms. The van der Waals surface area contributed by atoms with E-state index in [1.807, 2.05) is 6.92 Å². The number of piperidine rings is 1. The van der Waals surface area contributed by atoms with Crippen molar-refractivity contribution in [2.75, 3.05) is 13.1 Å². The molecule has 0 aromatic rings. The summed E-state index contributed by atoms with van der Waals surface area (Å²) in [7, 11) is 0. The Hall–Kier alpha value is -0.410. The van der Waals surface area contributed by atoms with Crippen molar-refractivity contribution in [3.8, 4) is 0 Å². The zero-order valence-electron chi connectivity index (χ0n) is 9.54. The molecule has 1 N–H and O–H groups in total. The van der Waals surface area contributed by atoms with Crippen molar-refractivity contribution in [1.82, 2.24) is 4.90 Å². The number of likely N-dealkylation sites (tertiary alicyclic amines) is 1. The predicted molar refractivity (Wildman–Crippen MR) is 58.7 cm³/mol. The fourth-order valence-corrected chi connectivity index (χ4v) is 2.88. The number of β-amino-alcohol motifs (C(OH)–C–C–N with tert-alkyl or cyclic N) is 1. The second-order valence-electron chi connectivity index (χ2n) is 5.36. The summed E-state index contributed by atoms with van der Waals surface area (Å²) in [6.07, 6.45) is 5.57. The van der Waals surface area contributed by atoms with Gasteiger partial charge in [-0.1, -0.05) is 0 Å². The van der Waals surface area contributed by atoms with Crippen LogP contribution in [-0.2, 0) is 4.79 Å². The van der Waals surface area contributed by atoms with Gasteiger partial charge in [0.15, 0.2) is 0 Å². The van der Waals surface area contributed by atoms with Gasteiger partial charge in [-0.15, -0.1) is 0 Å². The number of rotatable bonds is 1. The maximum atomic E-state index is 11.4. The molecule has 3 nitrogen and oxygen atoms in total. The van der Waals surface area contributed by atoms with Crippen molar-refractivity contribution in [2.24, 2.45) is 0 Å². The van der Waals surface area contributed by atoms with Gasteiger partial charge in [0.2, 0.25) is 0 Å². The highest BCUT2D eigenvalue weighted by molar-refractivity contribution is 5.79. The Balaban J connectivity index is 1.94. The van der Waals surface area contributed by atoms with Gasteiger partial charge in [0.05, 0.1) is 5.60 Å². The average molecular weight is 211 g/mol. The van der Waals surface area contributed by atoms with E-state index >= 15 is 0 Å². The minimum absolute atomic E-state index is 0.400. The molecule has 0 spiro atoms. The standard InChI is InChI=1S/C12H21NO2/c1-12(15)6-3-7-13(9-12)10-4-2-5-11(14)8-10/h10,15H,2-9H2,1H3. The van der Waals surface area contributed by atoms with Crippen LogP contribution in [0.4, 0.5) is 0 Å². The second-order valence-corrected chi connectivity index (χ2v) is 5.36. The molecular weight excluding hydrogens is 190 g/mol. The minimum Gasteiger partial charge on any atom is -0.389 e. The first-order valence-electron chi connectivity index (χ1n) is 6.05. The normalized spacial score (nSPS) is 39.3. The summed E-state index contributed by atoms with van der Waals surface area (Å²) in [6.45, 7) is 3.70. The van der Waals surface area contributed by atoms with Crippen LogP contribution in [0.5, 0.6) is 0 Å². The molecule has 1 saturated carbocycles. The van der Waals surface area contributed by atoms with Crippen LogP contribution in [0.15, 0.2) is 0 Å². The Morgan fingerprint density at radius 3 is 2.93 bits per heavy atom. The molecule has 15 heavy (non-hydrogen) atoms. The monoisotopic (exact) mass is 211 g/mol. The molecule has 1 aliphatic heterocycles. The lowest BCUT2D eigenvalue weighted by atomic mass is 9.88. The molecule has 2 atom stereocenters. The van der Waals surface area contributed by atoms with Gasteiger partial charge in [0.1, 0.15) is 5.78 Å². The van der Waals surface area contributed by atoms with E-state index in [0.717, 1.165) is 45.2 Å². The fraction of sp³-hybridized carbons (Fsp3) is 0.917. The molecule has 86 valence electrons. The third-order valence-corrected chi connectivity index (χ3v) is 3.68. The zero-order chi connectivity index (χ0) is 10.9. The van der Waals surface area contributed by atoms with Gasteiger partial charge in [0.25, 0.3) is 0 Å². The van der Waals surface area contributed by atoms with E-state index in [1.165, 1.54) is 0 Å². The Morgan fingerprint density at radius 2 is 2.27 bits per heavy atom. The molecule has 1 heterocycles. The molecule has 0 radical (unpaired) electrons. The second kappa shape index (κ2) is 4.22. The maximum Gasteiger partial charge on any atom is 0.134 e. The Bertz CT molecular complexity index is 250. The van der Waals surface area contributed by atoms with Gasteiger partial charge in [0, 0.05) is 25.4 Å². The fourth-order valence-electron chi connectivity index (χ4n) is 2.88. The quantitative estimate of drug-likeness (QED) is 0.711. The van der Waals surface area contributed by atoms with Crippen molar-refractivity contribution >= 4 is 5.78 Å². The molecule has 1 aliphatic carbocycles. The molecule has 2 aliphatic rings. The summed E-state index contributed by atoms with van der Waals surface area (Å²) >= 11 is 0. The van der Waals surface area contributed by atoms with Crippen molar-refractivity contribution in [3.63, 3.8) is 0 Å². The van der Waals surface area contributed by atoms with Crippen LogP contribution >= 0.6 is 0 Å². The number of carbonyl (C=O) groups is 1. The van der Waals surface area contributed by atoms with Crippen LogP contribution in [0, 0.1) is 0 Å². The first kappa shape index (κ1) is 11.1. The molecule has 0 amide bonds. The largest absolute Gasteiger partial charge is 0.389 e. The first-order valence-corrected chi connectivity index (χ1v) is 6.05. The van der Waals surface area contributed by atoms with Gasteiger partial charge in [-0.05, 0) is 39.2 Å². The molecule has 0 aromatic heterocycles. The van der Waals surface area contributed by atoms with Crippen LogP contribution in [-0.4, -0.2) is 40.5 Å². The zero-order valence-corrected chi connectivity index (χ0v) is 9.54. The third-order valence-electron chi connectivity index (χ3n) is 3.68. The highest BCUT2D eigenvalue weighted by Gasteiger charge is 2.33. The third kappa shape index (κ3) is 2.79. The summed E-state index contributed by atoms with van der Waals surface area (Å²) in [4.78, 5) is 13.7. The number of ketones is 1. The Morgan fingerprint density at radius 1 is 1.47 bits per heavy atom. The van der Waals surface area contributed by atoms with Crippen molar-refractivity contribution in [2.45, 2.75) is 57.1 Å². The van der Waals surface area contributed by atoms with Crippen LogP contribution in [0.3, 0.4) is 0 Å². The van der Waals surface area contributed by atoms with E-state index in [1.54, 1.807) is 0 Å². The number of nitrogens with zero attached hydrogens (tertiary/aromatic N) is 1. The predicted octanol–water partition coefficient (Wildman–Crippen LogP) is 1.34. The minimum atomic E-state index is -0.543. The topological polar surface area (TPSA) is 40.5 Å². The van der Waals surface area contributed by atoms with Gasteiger partial charge >= 0.3 is 0 Å². The molecular formula is C12H21NO2. The van der Waals surface area contributed by atoms with Crippen LogP contribution < -0.4 is 0 Å². The van der Waals surface area contributed by atoms with E-state index in [9.17, 15) is 9.90 Å². The maximum absolute atomic E-state index is 11.4. The first-order chi connectivity index (χ1) is 7.07. The SMILES string of the molecule is CC1(O)CCCN(C2CCCC(=O)C2)C1. The summed E-state index contributed by atoms with van der Waals surface area (Å²) in [5.74, 6) is 0.400. The Kier molecular flexibility index (Phi) is 3.12. The molecule has 0 aromatic carbocycles.